The minimum Gasteiger partial charge on any atom is -0.316 e. The molecular weight excluding hydrogens is 192 g/mol. The smallest absolute Gasteiger partial charge is 0.243 e. The van der Waals surface area contributed by atoms with Crippen molar-refractivity contribution in [3.8, 4) is 0 Å². The molecule has 3 unspecified atom stereocenters. The zero-order valence-electron chi connectivity index (χ0n) is 10.3. The summed E-state index contributed by atoms with van der Waals surface area (Å²) in [5, 5.41) is 11.3. The highest BCUT2D eigenvalue weighted by atomic mass is 16.6. The Hall–Kier alpha value is -0.900. The third kappa shape index (κ3) is 2.20. The molecule has 0 aromatic rings. The number of hydrogen-bond donors (Lipinski definition) is 1. The maximum Gasteiger partial charge on any atom is 0.243 e. The van der Waals surface area contributed by atoms with E-state index >= 15 is 0 Å². The topological polar surface area (TPSA) is 69.2 Å². The van der Waals surface area contributed by atoms with Gasteiger partial charge in [-0.15, -0.1) is 6.58 Å². The summed E-state index contributed by atoms with van der Waals surface area (Å²) in [6.45, 7) is 12.6. The van der Waals surface area contributed by atoms with Crippen LogP contribution in [0.4, 0.5) is 0 Å². The quantitative estimate of drug-likeness (QED) is 0.433. The molecule has 2 N–H and O–H groups in total. The van der Waals surface area contributed by atoms with Gasteiger partial charge in [0, 0.05) is 17.8 Å². The van der Waals surface area contributed by atoms with E-state index < -0.39 is 11.1 Å². The Morgan fingerprint density at radius 3 is 2.00 bits per heavy atom. The first kappa shape index (κ1) is 14.1. The Morgan fingerprint density at radius 1 is 1.40 bits per heavy atom. The molecule has 0 aromatic heterocycles. The lowest BCUT2D eigenvalue weighted by Gasteiger charge is -2.39. The molecule has 0 saturated carbocycles. The van der Waals surface area contributed by atoms with Crippen LogP contribution in [0.5, 0.6) is 0 Å². The van der Waals surface area contributed by atoms with E-state index in [1.807, 2.05) is 20.8 Å². The van der Waals surface area contributed by atoms with Gasteiger partial charge in [-0.3, -0.25) is 10.1 Å². The predicted octanol–water partition coefficient (Wildman–Crippen LogP) is 2.22. The molecule has 15 heavy (non-hydrogen) atoms. The molecule has 0 aromatic carbocycles. The van der Waals surface area contributed by atoms with Gasteiger partial charge in [0.25, 0.3) is 0 Å². The molecule has 0 aliphatic heterocycles. The van der Waals surface area contributed by atoms with E-state index in [4.69, 9.17) is 5.73 Å². The molecule has 0 rings (SSSR count). The zero-order valence-corrected chi connectivity index (χ0v) is 10.3. The van der Waals surface area contributed by atoms with Crippen LogP contribution in [0.15, 0.2) is 12.7 Å². The lowest BCUT2D eigenvalue weighted by atomic mass is 9.68. The number of nitrogens with zero attached hydrogens (tertiary/aromatic N) is 1. The monoisotopic (exact) mass is 214 g/mol. The highest BCUT2D eigenvalue weighted by molar-refractivity contribution is 5.11. The van der Waals surface area contributed by atoms with Crippen molar-refractivity contribution in [1.82, 2.24) is 0 Å². The fraction of sp³-hybridized carbons (Fsp3) is 0.818. The average molecular weight is 214 g/mol. The minimum atomic E-state index is -1.19. The first-order chi connectivity index (χ1) is 6.61. The maximum absolute atomic E-state index is 11.3. The van der Waals surface area contributed by atoms with Crippen LogP contribution in [0.1, 0.15) is 34.6 Å². The van der Waals surface area contributed by atoms with Gasteiger partial charge < -0.3 is 5.73 Å². The van der Waals surface area contributed by atoms with Crippen molar-refractivity contribution in [1.29, 1.82) is 0 Å². The second kappa shape index (κ2) is 4.31. The molecule has 88 valence electrons. The van der Waals surface area contributed by atoms with E-state index in [2.05, 4.69) is 6.58 Å². The first-order valence-electron chi connectivity index (χ1n) is 5.18. The van der Waals surface area contributed by atoms with Gasteiger partial charge >= 0.3 is 0 Å². The summed E-state index contributed by atoms with van der Waals surface area (Å²) >= 11 is 0. The Morgan fingerprint density at radius 2 is 1.80 bits per heavy atom. The predicted molar refractivity (Wildman–Crippen MR) is 62.2 cm³/mol. The molecule has 0 aliphatic carbocycles. The van der Waals surface area contributed by atoms with Crippen LogP contribution in [0.25, 0.3) is 0 Å². The molecule has 0 bridgehead atoms. The third-order valence-electron chi connectivity index (χ3n) is 3.78. The summed E-state index contributed by atoms with van der Waals surface area (Å²) in [6.07, 6.45) is 1.47. The number of nitrogens with two attached hydrogens (primary N) is 1. The Balaban J connectivity index is 5.44. The van der Waals surface area contributed by atoms with Gasteiger partial charge in [0.15, 0.2) is 0 Å². The second-order valence-corrected chi connectivity index (χ2v) is 4.92. The van der Waals surface area contributed by atoms with Gasteiger partial charge in [-0.2, -0.15) is 0 Å². The lowest BCUT2D eigenvalue weighted by Crippen LogP contribution is -2.64. The molecule has 3 atom stereocenters. The van der Waals surface area contributed by atoms with Crippen molar-refractivity contribution >= 4 is 0 Å². The van der Waals surface area contributed by atoms with E-state index in [1.54, 1.807) is 13.8 Å². The summed E-state index contributed by atoms with van der Waals surface area (Å²) < 4.78 is 0. The summed E-state index contributed by atoms with van der Waals surface area (Å²) in [5.74, 6) is 0.0729. The molecule has 0 aliphatic rings. The van der Waals surface area contributed by atoms with Crippen LogP contribution in [0.3, 0.4) is 0 Å². The van der Waals surface area contributed by atoms with Gasteiger partial charge in [0.2, 0.25) is 5.54 Å². The van der Waals surface area contributed by atoms with Crippen molar-refractivity contribution in [2.75, 3.05) is 0 Å². The van der Waals surface area contributed by atoms with Crippen LogP contribution >= 0.6 is 0 Å². The van der Waals surface area contributed by atoms with Crippen molar-refractivity contribution < 1.29 is 4.92 Å². The zero-order chi connectivity index (χ0) is 12.4. The summed E-state index contributed by atoms with van der Waals surface area (Å²) in [7, 11) is 0. The van der Waals surface area contributed by atoms with Crippen LogP contribution in [0.2, 0.25) is 0 Å². The summed E-state index contributed by atoms with van der Waals surface area (Å²) in [4.78, 5) is 11.0. The fourth-order valence-corrected chi connectivity index (χ4v) is 1.71. The van der Waals surface area contributed by atoms with Crippen LogP contribution in [-0.2, 0) is 0 Å². The van der Waals surface area contributed by atoms with E-state index in [1.165, 1.54) is 6.08 Å². The minimum absolute atomic E-state index is 0.125. The van der Waals surface area contributed by atoms with E-state index in [0.717, 1.165) is 0 Å². The van der Waals surface area contributed by atoms with Crippen LogP contribution in [-0.4, -0.2) is 16.0 Å². The van der Waals surface area contributed by atoms with Crippen molar-refractivity contribution in [3.63, 3.8) is 0 Å². The SMILES string of the molecule is C=CC(C)(N)C(C)(C(C)C(C)C)[N+](=O)[O-]. The van der Waals surface area contributed by atoms with E-state index in [9.17, 15) is 10.1 Å². The standard InChI is InChI=1S/C11H22N2O2/c1-7-10(5,12)11(6,13(14)15)9(4)8(2)3/h7-9H,1,12H2,2-6H3. The number of hydrogen-bond acceptors (Lipinski definition) is 3. The van der Waals surface area contributed by atoms with Crippen LogP contribution in [0, 0.1) is 22.0 Å². The molecule has 4 heteroatoms. The first-order valence-corrected chi connectivity index (χ1v) is 5.18. The van der Waals surface area contributed by atoms with Crippen LogP contribution < -0.4 is 5.73 Å². The lowest BCUT2D eigenvalue weighted by molar-refractivity contribution is -0.586. The Kier molecular flexibility index (Phi) is 4.05. The van der Waals surface area contributed by atoms with Crippen molar-refractivity contribution in [3.05, 3.63) is 22.8 Å². The normalized spacial score (nSPS) is 21.5. The highest BCUT2D eigenvalue weighted by Gasteiger charge is 2.55. The maximum atomic E-state index is 11.3. The average Bonchev–Trinajstić information content (AvgIpc) is 2.14. The molecular formula is C11H22N2O2. The number of nitro groups is 1. The van der Waals surface area contributed by atoms with Gasteiger partial charge in [-0.05, 0) is 12.8 Å². The Labute approximate surface area is 91.7 Å². The van der Waals surface area contributed by atoms with Gasteiger partial charge in [0.1, 0.15) is 5.54 Å². The number of rotatable bonds is 5. The fourth-order valence-electron chi connectivity index (χ4n) is 1.71. The second-order valence-electron chi connectivity index (χ2n) is 4.92. The van der Waals surface area contributed by atoms with Gasteiger partial charge in [-0.25, -0.2) is 0 Å². The molecule has 4 nitrogen and oxygen atoms in total. The largest absolute Gasteiger partial charge is 0.316 e. The van der Waals surface area contributed by atoms with Crippen molar-refractivity contribution in [2.24, 2.45) is 17.6 Å². The van der Waals surface area contributed by atoms with E-state index in [0.29, 0.717) is 0 Å². The third-order valence-corrected chi connectivity index (χ3v) is 3.78. The van der Waals surface area contributed by atoms with Crippen molar-refractivity contribution in [2.45, 2.75) is 45.7 Å². The summed E-state index contributed by atoms with van der Waals surface area (Å²) in [6, 6.07) is 0. The molecule has 0 radical (unpaired) electrons. The van der Waals surface area contributed by atoms with Gasteiger partial charge in [-0.1, -0.05) is 26.8 Å². The molecule has 0 saturated heterocycles. The Bertz CT molecular complexity index is 261. The highest BCUT2D eigenvalue weighted by Crippen LogP contribution is 2.36. The van der Waals surface area contributed by atoms with E-state index in [-0.39, 0.29) is 16.8 Å². The van der Waals surface area contributed by atoms with Gasteiger partial charge in [0.05, 0.1) is 0 Å². The molecule has 0 heterocycles. The molecule has 0 spiro atoms. The molecule has 0 fully saturated rings. The molecule has 0 amide bonds. The summed E-state index contributed by atoms with van der Waals surface area (Å²) in [5.41, 5.74) is 3.77.